The summed E-state index contributed by atoms with van der Waals surface area (Å²) in [6.45, 7) is 4.29. The Morgan fingerprint density at radius 1 is 1.06 bits per heavy atom. The number of alkyl halides is 3. The molecule has 1 aromatic heterocycles. The molecule has 4 rings (SSSR count). The molecule has 0 unspecified atom stereocenters. The van der Waals surface area contributed by atoms with Crippen molar-refractivity contribution in [2.24, 2.45) is 5.92 Å². The number of H-pyrrole nitrogens is 1. The lowest BCUT2D eigenvalue weighted by Gasteiger charge is -2.30. The molecule has 5 nitrogen and oxygen atoms in total. The number of carbonyl (C=O) groups excluding carboxylic acids is 2. The Balaban J connectivity index is 1.52. The summed E-state index contributed by atoms with van der Waals surface area (Å²) >= 11 is 0. The first-order chi connectivity index (χ1) is 16.6. The van der Waals surface area contributed by atoms with E-state index < -0.39 is 11.7 Å². The number of nitrogens with one attached hydrogen (secondary N) is 1. The molecule has 1 aliphatic rings. The van der Waals surface area contributed by atoms with Crippen LogP contribution in [0.1, 0.15) is 43.4 Å². The van der Waals surface area contributed by atoms with E-state index in [-0.39, 0.29) is 36.9 Å². The minimum Gasteiger partial charge on any atom is -0.361 e. The molecule has 1 aliphatic carbocycles. The van der Waals surface area contributed by atoms with Gasteiger partial charge in [-0.25, -0.2) is 0 Å². The second-order valence-electron chi connectivity index (χ2n) is 9.45. The van der Waals surface area contributed by atoms with Crippen LogP contribution in [-0.4, -0.2) is 45.7 Å². The number of para-hydroxylation sites is 1. The molecule has 0 radical (unpaired) electrons. The van der Waals surface area contributed by atoms with E-state index in [9.17, 15) is 22.8 Å². The van der Waals surface area contributed by atoms with Crippen LogP contribution < -0.4 is 0 Å². The van der Waals surface area contributed by atoms with Crippen LogP contribution in [0.25, 0.3) is 10.9 Å². The van der Waals surface area contributed by atoms with Gasteiger partial charge in [-0.05, 0) is 62.4 Å². The second kappa shape index (κ2) is 10.1. The number of hydrogen-bond acceptors (Lipinski definition) is 2. The van der Waals surface area contributed by atoms with Crippen molar-refractivity contribution >= 4 is 22.7 Å². The normalized spacial score (nSPS) is 13.9. The SMILES string of the molecule is CC(C)N(CC(=O)N(CCc1c[nH]c2ccccc12)Cc1ccc(C(F)(F)F)cc1)C(=O)C1CC1. The van der Waals surface area contributed by atoms with E-state index in [1.54, 1.807) is 9.80 Å². The number of nitrogens with zero attached hydrogens (tertiary/aromatic N) is 2. The van der Waals surface area contributed by atoms with Crippen molar-refractivity contribution in [2.75, 3.05) is 13.1 Å². The maximum absolute atomic E-state index is 13.4. The number of halogens is 3. The van der Waals surface area contributed by atoms with Crippen LogP contribution in [0.4, 0.5) is 13.2 Å². The van der Waals surface area contributed by atoms with Gasteiger partial charge in [0, 0.05) is 42.1 Å². The Bertz CT molecular complexity index is 1180. The molecule has 0 atom stereocenters. The zero-order valence-electron chi connectivity index (χ0n) is 19.9. The highest BCUT2D eigenvalue weighted by atomic mass is 19.4. The summed E-state index contributed by atoms with van der Waals surface area (Å²) < 4.78 is 38.9. The third-order valence-corrected chi connectivity index (χ3v) is 6.47. The average Bonchev–Trinajstić information content (AvgIpc) is 3.59. The number of carbonyl (C=O) groups is 2. The van der Waals surface area contributed by atoms with Gasteiger partial charge in [-0.1, -0.05) is 30.3 Å². The molecule has 2 aromatic carbocycles. The fraction of sp³-hybridized carbons (Fsp3) is 0.407. The van der Waals surface area contributed by atoms with E-state index >= 15 is 0 Å². The fourth-order valence-electron chi connectivity index (χ4n) is 4.23. The number of aromatic nitrogens is 1. The molecule has 1 heterocycles. The van der Waals surface area contributed by atoms with Crippen LogP contribution in [0.3, 0.4) is 0 Å². The lowest BCUT2D eigenvalue weighted by molar-refractivity contribution is -0.143. The quantitative estimate of drug-likeness (QED) is 0.441. The van der Waals surface area contributed by atoms with Crippen molar-refractivity contribution in [1.29, 1.82) is 0 Å². The van der Waals surface area contributed by atoms with Gasteiger partial charge >= 0.3 is 6.18 Å². The summed E-state index contributed by atoms with van der Waals surface area (Å²) in [5.74, 6) is -0.216. The first-order valence-electron chi connectivity index (χ1n) is 11.9. The van der Waals surface area contributed by atoms with Gasteiger partial charge in [0.25, 0.3) is 0 Å². The largest absolute Gasteiger partial charge is 0.416 e. The third-order valence-electron chi connectivity index (χ3n) is 6.47. The maximum atomic E-state index is 13.4. The van der Waals surface area contributed by atoms with E-state index in [2.05, 4.69) is 4.98 Å². The Morgan fingerprint density at radius 2 is 1.74 bits per heavy atom. The molecule has 0 spiro atoms. The van der Waals surface area contributed by atoms with Gasteiger partial charge in [0.05, 0.1) is 12.1 Å². The minimum absolute atomic E-state index is 0.000201. The molecular weight excluding hydrogens is 455 g/mol. The smallest absolute Gasteiger partial charge is 0.361 e. The number of fused-ring (bicyclic) bond motifs is 1. The predicted molar refractivity (Wildman–Crippen MR) is 128 cm³/mol. The molecule has 8 heteroatoms. The molecular formula is C27H30F3N3O2. The van der Waals surface area contributed by atoms with Gasteiger partial charge in [-0.15, -0.1) is 0 Å². The van der Waals surface area contributed by atoms with E-state index in [0.29, 0.717) is 18.5 Å². The van der Waals surface area contributed by atoms with Crippen molar-refractivity contribution in [2.45, 2.75) is 51.9 Å². The monoisotopic (exact) mass is 485 g/mol. The first-order valence-corrected chi connectivity index (χ1v) is 11.9. The molecule has 35 heavy (non-hydrogen) atoms. The van der Waals surface area contributed by atoms with E-state index in [0.717, 1.165) is 41.4 Å². The fourth-order valence-corrected chi connectivity index (χ4v) is 4.23. The van der Waals surface area contributed by atoms with Crippen molar-refractivity contribution in [3.63, 3.8) is 0 Å². The van der Waals surface area contributed by atoms with Gasteiger partial charge < -0.3 is 14.8 Å². The highest BCUT2D eigenvalue weighted by Gasteiger charge is 2.36. The number of hydrogen-bond donors (Lipinski definition) is 1. The summed E-state index contributed by atoms with van der Waals surface area (Å²) in [5, 5.41) is 1.07. The van der Waals surface area contributed by atoms with Gasteiger partial charge in [-0.3, -0.25) is 9.59 Å². The number of benzene rings is 2. The summed E-state index contributed by atoms with van der Waals surface area (Å²) in [5.41, 5.74) is 1.94. The van der Waals surface area contributed by atoms with Crippen molar-refractivity contribution in [3.8, 4) is 0 Å². The summed E-state index contributed by atoms with van der Waals surface area (Å²) in [7, 11) is 0. The van der Waals surface area contributed by atoms with Crippen LogP contribution in [0, 0.1) is 5.92 Å². The number of amides is 2. The van der Waals surface area contributed by atoms with Crippen molar-refractivity contribution < 1.29 is 22.8 Å². The third kappa shape index (κ3) is 6.05. The predicted octanol–water partition coefficient (Wildman–Crippen LogP) is 5.41. The summed E-state index contributed by atoms with van der Waals surface area (Å²) in [6.07, 6.45) is -0.209. The highest BCUT2D eigenvalue weighted by Crippen LogP contribution is 2.32. The van der Waals surface area contributed by atoms with Crippen molar-refractivity contribution in [3.05, 3.63) is 71.4 Å². The Labute approximate surface area is 202 Å². The Hall–Kier alpha value is -3.29. The lowest BCUT2D eigenvalue weighted by atomic mass is 10.1. The lowest BCUT2D eigenvalue weighted by Crippen LogP contribution is -2.46. The topological polar surface area (TPSA) is 56.4 Å². The zero-order valence-corrected chi connectivity index (χ0v) is 19.9. The first kappa shape index (κ1) is 24.8. The van der Waals surface area contributed by atoms with Crippen LogP contribution in [0.15, 0.2) is 54.7 Å². The molecule has 0 bridgehead atoms. The molecule has 186 valence electrons. The van der Waals surface area contributed by atoms with Crippen LogP contribution in [-0.2, 0) is 28.7 Å². The molecule has 3 aromatic rings. The summed E-state index contributed by atoms with van der Waals surface area (Å²) in [6, 6.07) is 12.7. The standard InChI is InChI=1S/C27H30F3N3O2/c1-18(2)33(26(35)20-9-10-20)17-25(34)32(16-19-7-11-22(12-8-19)27(28,29)30)14-13-21-15-31-24-6-4-3-5-23(21)24/h3-8,11-12,15,18,20,31H,9-10,13-14,16-17H2,1-2H3. The van der Waals surface area contributed by atoms with E-state index in [1.807, 2.05) is 44.3 Å². The van der Waals surface area contributed by atoms with Crippen molar-refractivity contribution in [1.82, 2.24) is 14.8 Å². The number of aromatic amines is 1. The molecule has 1 N–H and O–H groups in total. The van der Waals surface area contributed by atoms with Gasteiger partial charge in [0.15, 0.2) is 0 Å². The molecule has 1 fully saturated rings. The molecule has 1 saturated carbocycles. The van der Waals surface area contributed by atoms with Crippen LogP contribution >= 0.6 is 0 Å². The molecule has 0 aliphatic heterocycles. The zero-order chi connectivity index (χ0) is 25.2. The average molecular weight is 486 g/mol. The van der Waals surface area contributed by atoms with Gasteiger partial charge in [0.2, 0.25) is 11.8 Å². The molecule has 2 amide bonds. The van der Waals surface area contributed by atoms with Gasteiger partial charge in [0.1, 0.15) is 0 Å². The minimum atomic E-state index is -4.41. The van der Waals surface area contributed by atoms with E-state index in [4.69, 9.17) is 0 Å². The van der Waals surface area contributed by atoms with E-state index in [1.165, 1.54) is 12.1 Å². The Kier molecular flexibility index (Phi) is 7.19. The number of rotatable bonds is 9. The molecule has 0 saturated heterocycles. The maximum Gasteiger partial charge on any atom is 0.416 e. The van der Waals surface area contributed by atoms with Crippen LogP contribution in [0.2, 0.25) is 0 Å². The Morgan fingerprint density at radius 3 is 2.37 bits per heavy atom. The van der Waals surface area contributed by atoms with Gasteiger partial charge in [-0.2, -0.15) is 13.2 Å². The summed E-state index contributed by atoms with van der Waals surface area (Å²) in [4.78, 5) is 32.6. The highest BCUT2D eigenvalue weighted by molar-refractivity contribution is 5.87. The van der Waals surface area contributed by atoms with Crippen LogP contribution in [0.5, 0.6) is 0 Å². The second-order valence-corrected chi connectivity index (χ2v) is 9.45.